The van der Waals surface area contributed by atoms with Crippen molar-refractivity contribution < 1.29 is 9.53 Å². The third kappa shape index (κ3) is 3.36. The first-order valence-corrected chi connectivity index (χ1v) is 6.59. The summed E-state index contributed by atoms with van der Waals surface area (Å²) in [5.41, 5.74) is 0.204. The maximum atomic E-state index is 10.8. The summed E-state index contributed by atoms with van der Waals surface area (Å²) < 4.78 is 5.02. The number of benzene rings is 1. The predicted molar refractivity (Wildman–Crippen MR) is 69.2 cm³/mol. The van der Waals surface area contributed by atoms with Gasteiger partial charge < -0.3 is 4.74 Å². The van der Waals surface area contributed by atoms with Gasteiger partial charge in [-0.15, -0.1) is 0 Å². The van der Waals surface area contributed by atoms with E-state index < -0.39 is 5.43 Å². The van der Waals surface area contributed by atoms with Gasteiger partial charge in [-0.3, -0.25) is 0 Å². The minimum Gasteiger partial charge on any atom is -0.414 e. The van der Waals surface area contributed by atoms with Crippen LogP contribution in [-0.4, -0.2) is 5.43 Å². The van der Waals surface area contributed by atoms with Crippen LogP contribution in [0.2, 0.25) is 5.02 Å². The van der Waals surface area contributed by atoms with E-state index in [1.54, 1.807) is 12.1 Å². The van der Waals surface area contributed by atoms with Crippen molar-refractivity contribution in [1.29, 1.82) is 0 Å². The molecule has 1 aliphatic carbocycles. The molecule has 0 N–H and O–H groups in total. The van der Waals surface area contributed by atoms with Gasteiger partial charge in [0.2, 0.25) is 0 Å². The molecule has 1 aromatic carbocycles. The van der Waals surface area contributed by atoms with Crippen molar-refractivity contribution >= 4 is 28.6 Å². The number of ether oxygens (including phenoxy) is 1. The van der Waals surface area contributed by atoms with E-state index in [1.165, 1.54) is 19.3 Å². The lowest BCUT2D eigenvalue weighted by atomic mass is 9.84. The van der Waals surface area contributed by atoms with Crippen LogP contribution in [0.4, 0.5) is 4.79 Å². The summed E-state index contributed by atoms with van der Waals surface area (Å²) in [6.45, 7) is 0. The molecule has 0 radical (unpaired) electrons. The van der Waals surface area contributed by atoms with Crippen LogP contribution in [0.15, 0.2) is 18.2 Å². The summed E-state index contributed by atoms with van der Waals surface area (Å²) in [5.74, 6) is 0.967. The zero-order valence-electron chi connectivity index (χ0n) is 9.42. The van der Waals surface area contributed by atoms with Gasteiger partial charge in [0.1, 0.15) is 5.75 Å². The van der Waals surface area contributed by atoms with Crippen molar-refractivity contribution in [2.75, 3.05) is 0 Å². The second kappa shape index (κ2) is 5.74. The highest BCUT2D eigenvalue weighted by atomic mass is 35.5. The molecule has 0 aromatic heterocycles. The molecule has 1 aromatic rings. The normalized spacial score (nSPS) is 16.8. The lowest BCUT2D eigenvalue weighted by Gasteiger charge is -2.23. The molecular weight excluding hydrogens is 259 g/mol. The number of halogens is 2. The number of hydrogen-bond donors (Lipinski definition) is 0. The lowest BCUT2D eigenvalue weighted by Crippen LogP contribution is -2.08. The molecule has 0 atom stereocenters. The van der Waals surface area contributed by atoms with Gasteiger partial charge in [0, 0.05) is 16.6 Å². The Bertz CT molecular complexity index is 412. The van der Waals surface area contributed by atoms with Crippen LogP contribution in [-0.2, 0) is 0 Å². The Kier molecular flexibility index (Phi) is 4.30. The van der Waals surface area contributed by atoms with Crippen molar-refractivity contribution in [2.24, 2.45) is 0 Å². The average molecular weight is 273 g/mol. The topological polar surface area (TPSA) is 26.3 Å². The molecule has 2 nitrogen and oxygen atoms in total. The fourth-order valence-electron chi connectivity index (χ4n) is 2.43. The van der Waals surface area contributed by atoms with Gasteiger partial charge in [0.25, 0.3) is 0 Å². The third-order valence-electron chi connectivity index (χ3n) is 3.21. The van der Waals surface area contributed by atoms with Crippen molar-refractivity contribution in [2.45, 2.75) is 38.0 Å². The molecule has 1 fully saturated rings. The van der Waals surface area contributed by atoms with Gasteiger partial charge in [-0.05, 0) is 42.5 Å². The predicted octanol–water partition coefficient (Wildman–Crippen LogP) is 5.13. The van der Waals surface area contributed by atoms with Gasteiger partial charge >= 0.3 is 5.43 Å². The molecule has 4 heteroatoms. The van der Waals surface area contributed by atoms with Crippen molar-refractivity contribution in [1.82, 2.24) is 0 Å². The Labute approximate surface area is 111 Å². The molecule has 0 aliphatic heterocycles. The Morgan fingerprint density at radius 1 is 1.24 bits per heavy atom. The molecule has 1 aliphatic rings. The summed E-state index contributed by atoms with van der Waals surface area (Å²) in [6, 6.07) is 5.31. The third-order valence-corrected chi connectivity index (χ3v) is 3.52. The highest BCUT2D eigenvalue weighted by Gasteiger charge is 2.20. The Balaban J connectivity index is 2.28. The summed E-state index contributed by atoms with van der Waals surface area (Å²) in [7, 11) is 0. The molecular formula is C13H14Cl2O2. The lowest BCUT2D eigenvalue weighted by molar-refractivity contribution is 0.224. The Morgan fingerprint density at radius 2 is 1.94 bits per heavy atom. The first-order valence-electron chi connectivity index (χ1n) is 5.83. The van der Waals surface area contributed by atoms with Crippen LogP contribution >= 0.6 is 23.2 Å². The molecule has 0 saturated heterocycles. The standard InChI is InChI=1S/C13H14Cl2O2/c14-10-6-7-12(17-13(15)16)11(8-10)9-4-2-1-3-5-9/h6-9H,1-5H2. The fourth-order valence-corrected chi connectivity index (χ4v) is 2.70. The molecule has 1 saturated carbocycles. The molecule has 2 rings (SSSR count). The van der Waals surface area contributed by atoms with Crippen molar-refractivity contribution in [3.63, 3.8) is 0 Å². The largest absolute Gasteiger partial charge is 0.414 e. The van der Waals surface area contributed by atoms with E-state index in [1.807, 2.05) is 6.07 Å². The number of hydrogen-bond acceptors (Lipinski definition) is 2. The number of rotatable bonds is 2. The highest BCUT2D eigenvalue weighted by Crippen LogP contribution is 2.38. The van der Waals surface area contributed by atoms with E-state index in [0.717, 1.165) is 18.4 Å². The van der Waals surface area contributed by atoms with E-state index in [9.17, 15) is 4.79 Å². The molecule has 0 heterocycles. The SMILES string of the molecule is O=C(Cl)Oc1ccc(Cl)cc1C1CCCCC1. The average Bonchev–Trinajstić information content (AvgIpc) is 2.32. The highest BCUT2D eigenvalue weighted by molar-refractivity contribution is 6.61. The smallest absolute Gasteiger partial charge is 0.409 e. The maximum absolute atomic E-state index is 10.8. The Morgan fingerprint density at radius 3 is 2.59 bits per heavy atom. The van der Waals surface area contributed by atoms with Crippen LogP contribution in [0.25, 0.3) is 0 Å². The minimum absolute atomic E-state index is 0.425. The second-order valence-corrected chi connectivity index (χ2v) is 5.10. The summed E-state index contributed by atoms with van der Waals surface area (Å²) in [6.07, 6.45) is 5.94. The minimum atomic E-state index is -0.801. The van der Waals surface area contributed by atoms with E-state index in [-0.39, 0.29) is 0 Å². The van der Waals surface area contributed by atoms with Gasteiger partial charge in [-0.25, -0.2) is 4.79 Å². The van der Waals surface area contributed by atoms with Gasteiger partial charge in [-0.1, -0.05) is 30.9 Å². The van der Waals surface area contributed by atoms with Crippen LogP contribution in [0.3, 0.4) is 0 Å². The molecule has 0 amide bonds. The fraction of sp³-hybridized carbons (Fsp3) is 0.462. The van der Waals surface area contributed by atoms with E-state index >= 15 is 0 Å². The number of carbonyl (C=O) groups is 1. The first-order chi connectivity index (χ1) is 8.16. The molecule has 0 unspecified atom stereocenters. The molecule has 0 bridgehead atoms. The molecule has 0 spiro atoms. The van der Waals surface area contributed by atoms with E-state index in [2.05, 4.69) is 0 Å². The molecule has 17 heavy (non-hydrogen) atoms. The quantitative estimate of drug-likeness (QED) is 0.698. The van der Waals surface area contributed by atoms with Crippen molar-refractivity contribution in [3.8, 4) is 5.75 Å². The van der Waals surface area contributed by atoms with Crippen LogP contribution in [0, 0.1) is 0 Å². The summed E-state index contributed by atoms with van der Waals surface area (Å²) in [5, 5.41) is 0.667. The van der Waals surface area contributed by atoms with Gasteiger partial charge in [0.05, 0.1) is 0 Å². The monoisotopic (exact) mass is 272 g/mol. The zero-order valence-corrected chi connectivity index (χ0v) is 10.9. The summed E-state index contributed by atoms with van der Waals surface area (Å²) >= 11 is 11.3. The Hall–Kier alpha value is -0.730. The van der Waals surface area contributed by atoms with E-state index in [0.29, 0.717) is 16.7 Å². The van der Waals surface area contributed by atoms with Gasteiger partial charge in [0.15, 0.2) is 0 Å². The second-order valence-electron chi connectivity index (χ2n) is 4.36. The first kappa shape index (κ1) is 12.7. The molecule has 92 valence electrons. The van der Waals surface area contributed by atoms with Gasteiger partial charge in [-0.2, -0.15) is 0 Å². The van der Waals surface area contributed by atoms with E-state index in [4.69, 9.17) is 27.9 Å². The maximum Gasteiger partial charge on any atom is 0.409 e. The van der Waals surface area contributed by atoms with Crippen molar-refractivity contribution in [3.05, 3.63) is 28.8 Å². The zero-order chi connectivity index (χ0) is 12.3. The van der Waals surface area contributed by atoms with Crippen LogP contribution < -0.4 is 4.74 Å². The summed E-state index contributed by atoms with van der Waals surface area (Å²) in [4.78, 5) is 10.8. The van der Waals surface area contributed by atoms with Crippen LogP contribution in [0.5, 0.6) is 5.75 Å². The number of carbonyl (C=O) groups excluding carboxylic acids is 1. The van der Waals surface area contributed by atoms with Crippen LogP contribution in [0.1, 0.15) is 43.6 Å².